The first-order valence-corrected chi connectivity index (χ1v) is 16.0. The first-order chi connectivity index (χ1) is 22.7. The van der Waals surface area contributed by atoms with Crippen LogP contribution < -0.4 is 20.7 Å². The molecule has 0 spiro atoms. The van der Waals surface area contributed by atoms with Crippen LogP contribution in [0.4, 0.5) is 24.9 Å². The van der Waals surface area contributed by atoms with Gasteiger partial charge in [0, 0.05) is 62.3 Å². The molecule has 5 aromatic rings. The van der Waals surface area contributed by atoms with Gasteiger partial charge < -0.3 is 25.1 Å². The molecule has 4 atom stereocenters. The zero-order valence-electron chi connectivity index (χ0n) is 25.7. The third-order valence-electron chi connectivity index (χ3n) is 10.6. The summed E-state index contributed by atoms with van der Waals surface area (Å²) in [5, 5.41) is 19.3. The second-order valence-corrected chi connectivity index (χ2v) is 13.5. The van der Waals surface area contributed by atoms with Gasteiger partial charge in [0.1, 0.15) is 41.3 Å². The van der Waals surface area contributed by atoms with Crippen molar-refractivity contribution in [2.45, 2.75) is 55.9 Å². The van der Waals surface area contributed by atoms with E-state index in [1.165, 1.54) is 6.07 Å². The van der Waals surface area contributed by atoms with Gasteiger partial charge in [-0.05, 0) is 43.9 Å². The van der Waals surface area contributed by atoms with Crippen molar-refractivity contribution in [3.05, 3.63) is 35.5 Å². The number of nitrogens with two attached hydrogens (primary N) is 1. The summed E-state index contributed by atoms with van der Waals surface area (Å²) < 4.78 is 60.2. The molecule has 2 bridgehead atoms. The van der Waals surface area contributed by atoms with E-state index in [4.69, 9.17) is 19.9 Å². The zero-order chi connectivity index (χ0) is 32.2. The van der Waals surface area contributed by atoms with Gasteiger partial charge in [-0.25, -0.2) is 13.2 Å². The number of fused-ring (bicyclic) bond motifs is 7. The third kappa shape index (κ3) is 4.22. The summed E-state index contributed by atoms with van der Waals surface area (Å²) in [5.41, 5.74) is 5.71. The molecule has 0 radical (unpaired) electrons. The Hall–Kier alpha value is -4.61. The van der Waals surface area contributed by atoms with Crippen molar-refractivity contribution >= 4 is 44.5 Å². The van der Waals surface area contributed by atoms with Crippen molar-refractivity contribution in [3.8, 4) is 23.2 Å². The number of nitrogen functional groups attached to an aromatic ring is 1. The number of benzene rings is 2. The maximum Gasteiger partial charge on any atom is 0.319 e. The van der Waals surface area contributed by atoms with Gasteiger partial charge in [0.15, 0.2) is 17.2 Å². The minimum absolute atomic E-state index is 0.00419. The normalized spacial score (nSPS) is 25.8. The van der Waals surface area contributed by atoms with Gasteiger partial charge in [-0.15, -0.1) is 0 Å². The highest BCUT2D eigenvalue weighted by Gasteiger charge is 2.49. The maximum absolute atomic E-state index is 17.3. The van der Waals surface area contributed by atoms with E-state index in [2.05, 4.69) is 25.2 Å². The number of hydrogen-bond acceptors (Lipinski definition) is 10. The van der Waals surface area contributed by atoms with E-state index in [1.54, 1.807) is 17.9 Å². The van der Waals surface area contributed by atoms with Crippen molar-refractivity contribution in [1.29, 1.82) is 5.26 Å². The number of nitrogens with one attached hydrogen (secondary N) is 1. The molecule has 4 fully saturated rings. The van der Waals surface area contributed by atoms with Gasteiger partial charge >= 0.3 is 6.01 Å². The second-order valence-electron chi connectivity index (χ2n) is 13.5. The van der Waals surface area contributed by atoms with Crippen LogP contribution in [-0.4, -0.2) is 81.2 Å². The first kappa shape index (κ1) is 28.6. The number of anilines is 2. The number of alkyl halides is 1. The van der Waals surface area contributed by atoms with E-state index in [1.807, 2.05) is 6.07 Å². The van der Waals surface area contributed by atoms with Crippen molar-refractivity contribution in [3.63, 3.8) is 0 Å². The van der Waals surface area contributed by atoms with Crippen LogP contribution in [0.1, 0.15) is 37.7 Å². The van der Waals surface area contributed by atoms with Crippen LogP contribution in [0.25, 0.3) is 43.9 Å². The molecule has 14 heteroatoms. The van der Waals surface area contributed by atoms with Crippen molar-refractivity contribution in [2.24, 2.45) is 7.05 Å². The first-order valence-electron chi connectivity index (χ1n) is 16.0. The number of aromatic nitrogens is 4. The second kappa shape index (κ2) is 10.2. The molecule has 0 aliphatic carbocycles. The van der Waals surface area contributed by atoms with Gasteiger partial charge in [0.2, 0.25) is 5.88 Å². The molecule has 4 aliphatic rings. The summed E-state index contributed by atoms with van der Waals surface area (Å²) in [6, 6.07) is 5.09. The van der Waals surface area contributed by atoms with Gasteiger partial charge in [-0.3, -0.25) is 9.58 Å². The number of furan rings is 1. The molecule has 47 heavy (non-hydrogen) atoms. The van der Waals surface area contributed by atoms with Crippen molar-refractivity contribution in [1.82, 2.24) is 30.0 Å². The molecule has 0 unspecified atom stereocenters. The van der Waals surface area contributed by atoms with Crippen LogP contribution in [0.15, 0.2) is 22.7 Å². The van der Waals surface area contributed by atoms with E-state index in [-0.39, 0.29) is 63.8 Å². The fourth-order valence-electron chi connectivity index (χ4n) is 8.58. The van der Waals surface area contributed by atoms with Crippen LogP contribution >= 0.6 is 0 Å². The summed E-state index contributed by atoms with van der Waals surface area (Å²) in [4.78, 5) is 13.9. The lowest BCUT2D eigenvalue weighted by Gasteiger charge is -2.35. The number of piperazine rings is 1. The van der Waals surface area contributed by atoms with E-state index >= 15 is 4.39 Å². The minimum atomic E-state index is -0.926. The highest BCUT2D eigenvalue weighted by molar-refractivity contribution is 6.18. The fourth-order valence-corrected chi connectivity index (χ4v) is 8.58. The molecular weight excluding hydrogens is 611 g/mol. The Balaban J connectivity index is 1.28. The SMILES string of the molecule is Cn1cc2c(n1)c(-c1ccc(F)c3oc(N)c(C#N)c13)c(F)c1nc(OC[C@@]34CCCN3C[C@H](F)C4)nc(N3C[C@H]4CC[C@@H](C3)N4)c12. The molecule has 11 nitrogen and oxygen atoms in total. The quantitative estimate of drug-likeness (QED) is 0.281. The number of aryl methyl sites for hydroxylation is 1. The molecule has 2 aromatic carbocycles. The molecule has 0 saturated carbocycles. The predicted molar refractivity (Wildman–Crippen MR) is 169 cm³/mol. The molecular formula is C33H32F3N9O2. The predicted octanol–water partition coefficient (Wildman–Crippen LogP) is 4.56. The van der Waals surface area contributed by atoms with Gasteiger partial charge in [-0.2, -0.15) is 20.3 Å². The average Bonchev–Trinajstić information content (AvgIpc) is 3.85. The molecule has 4 aliphatic heterocycles. The number of ether oxygens (including phenoxy) is 1. The highest BCUT2D eigenvalue weighted by Crippen LogP contribution is 2.46. The molecule has 0 amide bonds. The lowest BCUT2D eigenvalue weighted by Crippen LogP contribution is -2.51. The third-order valence-corrected chi connectivity index (χ3v) is 10.6. The Morgan fingerprint density at radius 1 is 1.15 bits per heavy atom. The highest BCUT2D eigenvalue weighted by atomic mass is 19.1. The minimum Gasteiger partial charge on any atom is -0.461 e. The number of rotatable bonds is 5. The van der Waals surface area contributed by atoms with Gasteiger partial charge in [-0.1, -0.05) is 6.07 Å². The lowest BCUT2D eigenvalue weighted by molar-refractivity contribution is 0.107. The van der Waals surface area contributed by atoms with Crippen LogP contribution in [0.2, 0.25) is 0 Å². The van der Waals surface area contributed by atoms with Gasteiger partial charge in [0.05, 0.1) is 16.3 Å². The summed E-state index contributed by atoms with van der Waals surface area (Å²) in [5.74, 6) is -1.17. The Morgan fingerprint density at radius 2 is 1.96 bits per heavy atom. The van der Waals surface area contributed by atoms with Crippen molar-refractivity contribution in [2.75, 3.05) is 43.4 Å². The fraction of sp³-hybridized carbons (Fsp3) is 0.455. The molecule has 7 heterocycles. The Labute approximate surface area is 267 Å². The van der Waals surface area contributed by atoms with Crippen LogP contribution in [0.3, 0.4) is 0 Å². The van der Waals surface area contributed by atoms with E-state index in [9.17, 15) is 14.0 Å². The smallest absolute Gasteiger partial charge is 0.319 e. The van der Waals surface area contributed by atoms with Crippen LogP contribution in [0, 0.1) is 23.0 Å². The lowest BCUT2D eigenvalue weighted by atomic mass is 9.94. The monoisotopic (exact) mass is 643 g/mol. The summed E-state index contributed by atoms with van der Waals surface area (Å²) in [7, 11) is 1.74. The number of halogens is 3. The Bertz CT molecular complexity index is 2150. The largest absolute Gasteiger partial charge is 0.461 e. The Kier molecular flexibility index (Phi) is 6.20. The number of nitriles is 1. The number of nitrogens with zero attached hydrogens (tertiary/aromatic N) is 7. The molecule has 3 aromatic heterocycles. The number of hydrogen-bond donors (Lipinski definition) is 2. The van der Waals surface area contributed by atoms with Crippen LogP contribution in [0.5, 0.6) is 6.01 Å². The molecule has 3 N–H and O–H groups in total. The molecule has 9 rings (SSSR count). The van der Waals surface area contributed by atoms with E-state index < -0.39 is 23.3 Å². The standard InChI is InChI=1S/C33H32F3N9O2/c1-43-14-21-25-28(26(36)24(27(21)42-43)19-5-6-22(35)29-23(19)20(10-37)30(38)47-29)40-32(41-31(25)44-12-17-3-4-18(13-44)39-17)46-15-33-7-2-8-45(33)11-16(34)9-33/h5-6,14,16-18,39H,2-4,7-9,11-13,15,38H2,1H3/t16-,17-,18+,33+/m1/s1. The topological polar surface area (TPSA) is 134 Å². The van der Waals surface area contributed by atoms with E-state index in [0.29, 0.717) is 48.2 Å². The van der Waals surface area contributed by atoms with Crippen LogP contribution in [-0.2, 0) is 7.05 Å². The molecule has 242 valence electrons. The summed E-state index contributed by atoms with van der Waals surface area (Å²) in [6.07, 6.45) is 5.06. The zero-order valence-corrected chi connectivity index (χ0v) is 25.7. The maximum atomic E-state index is 17.3. The van der Waals surface area contributed by atoms with Gasteiger partial charge in [0.25, 0.3) is 0 Å². The van der Waals surface area contributed by atoms with Crippen molar-refractivity contribution < 1.29 is 22.3 Å². The summed E-state index contributed by atoms with van der Waals surface area (Å²) in [6.45, 7) is 2.72. The summed E-state index contributed by atoms with van der Waals surface area (Å²) >= 11 is 0. The average molecular weight is 644 g/mol. The molecule has 4 saturated heterocycles. The Morgan fingerprint density at radius 3 is 2.74 bits per heavy atom. The van der Waals surface area contributed by atoms with E-state index in [0.717, 1.165) is 38.3 Å².